The van der Waals surface area contributed by atoms with E-state index in [4.69, 9.17) is 14.5 Å². The Hall–Kier alpha value is -2.66. The molecular formula is C26H32BrN5O4S. The quantitative estimate of drug-likeness (QED) is 0.430. The van der Waals surface area contributed by atoms with Gasteiger partial charge < -0.3 is 14.4 Å². The van der Waals surface area contributed by atoms with Gasteiger partial charge in [0, 0.05) is 41.6 Å². The Kier molecular flexibility index (Phi) is 7.58. The largest absolute Gasteiger partial charge is 0.443 e. The average molecular weight is 591 g/mol. The lowest BCUT2D eigenvalue weighted by Crippen LogP contribution is -2.49. The summed E-state index contributed by atoms with van der Waals surface area (Å²) in [5.41, 5.74) is -1.37. The zero-order chi connectivity index (χ0) is 27.0. The maximum Gasteiger partial charge on any atom is 0.426 e. The highest BCUT2D eigenvalue weighted by molar-refractivity contribution is 9.10. The fraction of sp³-hybridized carbons (Fsp3) is 0.500. The molecule has 0 N–H and O–H groups in total. The first kappa shape index (κ1) is 27.4. The van der Waals surface area contributed by atoms with E-state index in [2.05, 4.69) is 30.8 Å². The molecule has 0 spiro atoms. The highest BCUT2D eigenvalue weighted by atomic mass is 79.9. The highest BCUT2D eigenvalue weighted by Gasteiger charge is 2.52. The van der Waals surface area contributed by atoms with Crippen LogP contribution < -0.4 is 4.90 Å². The van der Waals surface area contributed by atoms with E-state index in [1.807, 2.05) is 24.3 Å². The minimum absolute atomic E-state index is 0.0941. The smallest absolute Gasteiger partial charge is 0.426 e. The minimum atomic E-state index is -0.820. The number of ether oxygens (including phenoxy) is 2. The zero-order valence-corrected chi connectivity index (χ0v) is 24.3. The third-order valence-electron chi connectivity index (χ3n) is 5.80. The van der Waals surface area contributed by atoms with Gasteiger partial charge in [-0.2, -0.15) is 4.90 Å². The minimum Gasteiger partial charge on any atom is -0.443 e. The van der Waals surface area contributed by atoms with Crippen LogP contribution in [-0.4, -0.2) is 62.3 Å². The van der Waals surface area contributed by atoms with Gasteiger partial charge in [0.15, 0.2) is 5.17 Å². The van der Waals surface area contributed by atoms with Crippen molar-refractivity contribution in [3.63, 3.8) is 0 Å². The predicted octanol–water partition coefficient (Wildman–Crippen LogP) is 5.85. The van der Waals surface area contributed by atoms with Crippen molar-refractivity contribution in [2.45, 2.75) is 58.3 Å². The summed E-state index contributed by atoms with van der Waals surface area (Å²) < 4.78 is 12.1. The summed E-state index contributed by atoms with van der Waals surface area (Å²) in [5.74, 6) is 1.48. The lowest BCUT2D eigenvalue weighted by Gasteiger charge is -2.38. The number of carbonyl (C=O) groups is 2. The number of hydrogen-bond donors (Lipinski definition) is 0. The molecule has 2 aliphatic heterocycles. The van der Waals surface area contributed by atoms with E-state index in [0.717, 1.165) is 20.8 Å². The van der Waals surface area contributed by atoms with Crippen LogP contribution in [0.4, 0.5) is 15.4 Å². The van der Waals surface area contributed by atoms with Gasteiger partial charge in [0.05, 0.1) is 6.20 Å². The third kappa shape index (κ3) is 6.26. The number of thioether (sulfide) groups is 1. The van der Waals surface area contributed by atoms with Gasteiger partial charge in [0.2, 0.25) is 0 Å². The molecular weight excluding hydrogens is 558 g/mol. The SMILES string of the molecule is CC(C)(C)OC(=O)N(C(=O)OC(C)(C)C)C1=N[C@@]2(c3cccc(Br)c3)CN(c3cnccn3)C[C@H]2CS1. The Balaban J connectivity index is 1.81. The molecule has 0 unspecified atom stereocenters. The number of aliphatic imine (C=N–C) groups is 1. The van der Waals surface area contributed by atoms with Crippen molar-refractivity contribution in [3.05, 3.63) is 52.9 Å². The van der Waals surface area contributed by atoms with E-state index in [1.165, 1.54) is 11.8 Å². The van der Waals surface area contributed by atoms with Gasteiger partial charge in [-0.3, -0.25) is 4.98 Å². The van der Waals surface area contributed by atoms with Crippen molar-refractivity contribution in [1.29, 1.82) is 0 Å². The summed E-state index contributed by atoms with van der Waals surface area (Å²) in [7, 11) is 0. The van der Waals surface area contributed by atoms with E-state index in [1.54, 1.807) is 60.1 Å². The molecule has 0 saturated carbocycles. The molecule has 1 saturated heterocycles. The van der Waals surface area contributed by atoms with Crippen molar-refractivity contribution >= 4 is 50.9 Å². The van der Waals surface area contributed by atoms with E-state index in [0.29, 0.717) is 18.8 Å². The molecule has 0 aliphatic carbocycles. The van der Waals surface area contributed by atoms with Crippen LogP contribution in [0.3, 0.4) is 0 Å². The number of amides is 2. The van der Waals surface area contributed by atoms with E-state index >= 15 is 0 Å². The van der Waals surface area contributed by atoms with Gasteiger partial charge >= 0.3 is 12.2 Å². The number of carbonyl (C=O) groups excluding carboxylic acids is 2. The number of imide groups is 1. The van der Waals surface area contributed by atoms with Gasteiger partial charge in [0.25, 0.3) is 0 Å². The lowest BCUT2D eigenvalue weighted by molar-refractivity contribution is 0.0151. The third-order valence-corrected chi connectivity index (χ3v) is 7.39. The fourth-order valence-corrected chi connectivity index (χ4v) is 5.97. The summed E-state index contributed by atoms with van der Waals surface area (Å²) >= 11 is 4.94. The van der Waals surface area contributed by atoms with Gasteiger partial charge in [-0.05, 0) is 59.2 Å². The standard InChI is InChI=1S/C26H32BrN5O4S/c1-24(2,3)35-22(33)32(23(34)36-25(4,5)6)21-30-26(17-8-7-9-19(27)12-17)16-31(14-18(26)15-37-21)20-13-28-10-11-29-20/h7-13,18H,14-16H2,1-6H3/t18-,26+/m0/s1. The molecule has 0 bridgehead atoms. The zero-order valence-electron chi connectivity index (χ0n) is 21.9. The van der Waals surface area contributed by atoms with Gasteiger partial charge in [-0.25, -0.2) is 19.6 Å². The second-order valence-electron chi connectivity index (χ2n) is 11.1. The topological polar surface area (TPSA) is 97.2 Å². The van der Waals surface area contributed by atoms with Gasteiger partial charge in [-0.15, -0.1) is 0 Å². The highest BCUT2D eigenvalue weighted by Crippen LogP contribution is 2.47. The number of aromatic nitrogens is 2. The number of nitrogens with zero attached hydrogens (tertiary/aromatic N) is 5. The van der Waals surface area contributed by atoms with Crippen molar-refractivity contribution < 1.29 is 19.1 Å². The van der Waals surface area contributed by atoms with Crippen LogP contribution in [0.25, 0.3) is 0 Å². The van der Waals surface area contributed by atoms with Crippen molar-refractivity contribution in [2.75, 3.05) is 23.7 Å². The molecule has 1 aromatic heterocycles. The number of fused-ring (bicyclic) bond motifs is 1. The summed E-state index contributed by atoms with van der Waals surface area (Å²) in [6.07, 6.45) is 3.40. The van der Waals surface area contributed by atoms with Crippen LogP contribution in [0.2, 0.25) is 0 Å². The van der Waals surface area contributed by atoms with Crippen LogP contribution in [0.1, 0.15) is 47.1 Å². The Labute approximate surface area is 230 Å². The molecule has 2 aliphatic rings. The summed E-state index contributed by atoms with van der Waals surface area (Å²) in [4.78, 5) is 43.6. The summed E-state index contributed by atoms with van der Waals surface area (Å²) in [6, 6.07) is 7.99. The van der Waals surface area contributed by atoms with Crippen molar-refractivity contribution in [1.82, 2.24) is 14.9 Å². The number of anilines is 1. The van der Waals surface area contributed by atoms with Crippen LogP contribution in [0.5, 0.6) is 0 Å². The molecule has 198 valence electrons. The van der Waals surface area contributed by atoms with Crippen LogP contribution in [-0.2, 0) is 15.0 Å². The molecule has 11 heteroatoms. The number of benzene rings is 1. The molecule has 4 rings (SSSR count). The first-order chi connectivity index (χ1) is 17.3. The second kappa shape index (κ2) is 10.2. The molecule has 1 fully saturated rings. The normalized spacial score (nSPS) is 21.6. The summed E-state index contributed by atoms with van der Waals surface area (Å²) in [6.45, 7) is 11.7. The maximum atomic E-state index is 13.3. The average Bonchev–Trinajstić information content (AvgIpc) is 3.18. The molecule has 2 aromatic rings. The number of rotatable bonds is 2. The number of halogens is 1. The molecule has 37 heavy (non-hydrogen) atoms. The molecule has 2 amide bonds. The van der Waals surface area contributed by atoms with E-state index in [9.17, 15) is 9.59 Å². The van der Waals surface area contributed by atoms with Crippen LogP contribution in [0, 0.1) is 5.92 Å². The Morgan fingerprint density at radius 3 is 2.35 bits per heavy atom. The first-order valence-corrected chi connectivity index (χ1v) is 13.8. The maximum absolute atomic E-state index is 13.3. The Morgan fingerprint density at radius 1 is 1.11 bits per heavy atom. The molecule has 3 heterocycles. The van der Waals surface area contributed by atoms with Gasteiger partial charge in [-0.1, -0.05) is 39.8 Å². The monoisotopic (exact) mass is 589 g/mol. The van der Waals surface area contributed by atoms with Crippen molar-refractivity contribution in [3.8, 4) is 0 Å². The predicted molar refractivity (Wildman–Crippen MR) is 148 cm³/mol. The Morgan fingerprint density at radius 2 is 1.78 bits per heavy atom. The molecule has 2 atom stereocenters. The van der Waals surface area contributed by atoms with Crippen molar-refractivity contribution in [2.24, 2.45) is 10.9 Å². The number of amidine groups is 1. The van der Waals surface area contributed by atoms with E-state index in [-0.39, 0.29) is 11.1 Å². The van der Waals surface area contributed by atoms with E-state index < -0.39 is 28.9 Å². The van der Waals surface area contributed by atoms with Crippen LogP contribution >= 0.6 is 27.7 Å². The molecule has 9 nitrogen and oxygen atoms in total. The Bertz CT molecular complexity index is 1170. The lowest BCUT2D eigenvalue weighted by atomic mass is 9.82. The second-order valence-corrected chi connectivity index (χ2v) is 13.0. The first-order valence-electron chi connectivity index (χ1n) is 12.0. The molecule has 1 aromatic carbocycles. The van der Waals surface area contributed by atoms with Gasteiger partial charge in [0.1, 0.15) is 22.6 Å². The fourth-order valence-electron chi connectivity index (χ4n) is 4.34. The summed E-state index contributed by atoms with van der Waals surface area (Å²) in [5, 5.41) is 0.251. The van der Waals surface area contributed by atoms with Crippen LogP contribution in [0.15, 0.2) is 52.3 Å². The molecule has 0 radical (unpaired) electrons. The number of hydrogen-bond acceptors (Lipinski definition) is 9.